The summed E-state index contributed by atoms with van der Waals surface area (Å²) in [5, 5.41) is 17.1. The van der Waals surface area contributed by atoms with Crippen LogP contribution in [0.2, 0.25) is 0 Å². The molecule has 0 saturated heterocycles. The van der Waals surface area contributed by atoms with E-state index in [-0.39, 0.29) is 20.0 Å². The van der Waals surface area contributed by atoms with Crippen LogP contribution in [0.15, 0.2) is 0 Å². The Morgan fingerprint density at radius 2 is 2.08 bits per heavy atom. The first-order chi connectivity index (χ1) is 5.60. The Kier molecular flexibility index (Phi) is 6.44. The van der Waals surface area contributed by atoms with Crippen molar-refractivity contribution in [2.45, 2.75) is 13.0 Å². The highest BCUT2D eigenvalue weighted by Gasteiger charge is 2.08. The Morgan fingerprint density at radius 1 is 1.58 bits per heavy atom. The molecule has 7 heteroatoms. The lowest BCUT2D eigenvalue weighted by Crippen LogP contribution is -2.34. The molecule has 0 aromatic heterocycles. The van der Waals surface area contributed by atoms with Crippen LogP contribution in [0.4, 0.5) is 0 Å². The Balaban J connectivity index is 3.65. The van der Waals surface area contributed by atoms with Crippen LogP contribution >= 0.6 is 0 Å². The first kappa shape index (κ1) is 11.9. The molecule has 0 aliphatic heterocycles. The largest absolute Gasteiger partial charge is 0.750 e. The van der Waals surface area contributed by atoms with Gasteiger partial charge in [-0.1, -0.05) is 0 Å². The van der Waals surface area contributed by atoms with E-state index >= 15 is 0 Å². The van der Waals surface area contributed by atoms with Gasteiger partial charge in [-0.3, -0.25) is 9.08 Å². The molecule has 2 unspecified atom stereocenters. The molecular weight excluding hydrogens is 186 g/mol. The number of rotatable bonds is 6. The van der Waals surface area contributed by atoms with Crippen LogP contribution < -0.4 is 0 Å². The molecule has 0 radical (unpaired) electrons. The molecule has 0 aliphatic carbocycles. The van der Waals surface area contributed by atoms with Gasteiger partial charge in [0.25, 0.3) is 0 Å². The zero-order chi connectivity index (χ0) is 9.56. The highest BCUT2D eigenvalue weighted by atomic mass is 32.2. The molecule has 2 N–H and O–H groups in total. The van der Waals surface area contributed by atoms with Crippen LogP contribution in [0.1, 0.15) is 6.92 Å². The van der Waals surface area contributed by atoms with Gasteiger partial charge in [0.15, 0.2) is 0 Å². The van der Waals surface area contributed by atoms with E-state index in [1.807, 2.05) is 0 Å². The highest BCUT2D eigenvalue weighted by molar-refractivity contribution is 7.74. The summed E-state index contributed by atoms with van der Waals surface area (Å²) in [4.78, 5) is 1.22. The molecule has 0 aliphatic rings. The van der Waals surface area contributed by atoms with Gasteiger partial charge in [-0.2, -0.15) is 0 Å². The van der Waals surface area contributed by atoms with Crippen molar-refractivity contribution in [2.24, 2.45) is 0 Å². The molecule has 0 bridgehead atoms. The Morgan fingerprint density at radius 3 is 2.42 bits per heavy atom. The topological polar surface area (TPSA) is 93.1 Å². The van der Waals surface area contributed by atoms with E-state index in [2.05, 4.69) is 4.18 Å². The first-order valence-corrected chi connectivity index (χ1v) is 4.30. The number of nitrogens with zero attached hydrogens (tertiary/aromatic N) is 1. The van der Waals surface area contributed by atoms with E-state index in [9.17, 15) is 8.76 Å². The summed E-state index contributed by atoms with van der Waals surface area (Å²) >= 11 is -2.56. The summed E-state index contributed by atoms with van der Waals surface area (Å²) in [5.41, 5.74) is 0. The number of aliphatic hydroxyl groups excluding tert-OH is 2. The highest BCUT2D eigenvalue weighted by Crippen LogP contribution is 1.96. The molecule has 2 atom stereocenters. The average Bonchev–Trinajstić information content (AvgIpc) is 1.98. The maximum atomic E-state index is 10.0. The van der Waals surface area contributed by atoms with Crippen molar-refractivity contribution >= 4 is 11.4 Å². The lowest BCUT2D eigenvalue weighted by molar-refractivity contribution is 0.00669. The monoisotopic (exact) mass is 198 g/mol. The Hall–Kier alpha value is -0.0500. The molecule has 12 heavy (non-hydrogen) atoms. The minimum Gasteiger partial charge on any atom is -0.750 e. The van der Waals surface area contributed by atoms with Crippen LogP contribution in [-0.4, -0.2) is 50.0 Å². The van der Waals surface area contributed by atoms with Crippen molar-refractivity contribution in [1.82, 2.24) is 4.90 Å². The standard InChI is InChI=1S/C5H13NO5S/c1-5(11-12(9)10)2-6(3-7)4-8/h5,7-8H,2-4H2,1H3,(H,9,10)/p-1. The third kappa shape index (κ3) is 5.58. The summed E-state index contributed by atoms with van der Waals surface area (Å²) in [6.45, 7) is 1.00. The SMILES string of the molecule is CC(CN(CO)CO)OS(=O)[O-]. The fourth-order valence-electron chi connectivity index (χ4n) is 0.688. The summed E-state index contributed by atoms with van der Waals surface area (Å²) in [7, 11) is 0. The Bertz CT molecular complexity index is 140. The quantitative estimate of drug-likeness (QED) is 0.394. The van der Waals surface area contributed by atoms with Gasteiger partial charge >= 0.3 is 0 Å². The lowest BCUT2D eigenvalue weighted by atomic mass is 10.4. The molecule has 0 heterocycles. The van der Waals surface area contributed by atoms with E-state index < -0.39 is 17.5 Å². The maximum absolute atomic E-state index is 10.0. The molecule has 0 fully saturated rings. The van der Waals surface area contributed by atoms with Crippen LogP contribution in [0.25, 0.3) is 0 Å². The molecule has 0 aromatic carbocycles. The fraction of sp³-hybridized carbons (Fsp3) is 1.00. The molecule has 0 spiro atoms. The van der Waals surface area contributed by atoms with Gasteiger partial charge in [0.05, 0.1) is 30.9 Å². The average molecular weight is 198 g/mol. The van der Waals surface area contributed by atoms with Crippen LogP contribution in [0.5, 0.6) is 0 Å². The predicted molar refractivity (Wildman–Crippen MR) is 40.3 cm³/mol. The zero-order valence-electron chi connectivity index (χ0n) is 6.67. The van der Waals surface area contributed by atoms with Crippen LogP contribution in [0, 0.1) is 0 Å². The number of aliphatic hydroxyl groups is 2. The minimum atomic E-state index is -2.56. The van der Waals surface area contributed by atoms with Gasteiger partial charge in [-0.05, 0) is 6.92 Å². The third-order valence-corrected chi connectivity index (χ3v) is 1.64. The smallest absolute Gasteiger partial charge is 0.0975 e. The van der Waals surface area contributed by atoms with E-state index in [1.54, 1.807) is 0 Å². The molecule has 0 aromatic rings. The molecule has 6 nitrogen and oxygen atoms in total. The van der Waals surface area contributed by atoms with Gasteiger partial charge in [0.2, 0.25) is 0 Å². The van der Waals surface area contributed by atoms with Crippen LogP contribution in [0.3, 0.4) is 0 Å². The first-order valence-electron chi connectivity index (χ1n) is 3.30. The predicted octanol–water partition coefficient (Wildman–Crippen LogP) is -1.61. The van der Waals surface area contributed by atoms with Gasteiger partial charge in [-0.25, -0.2) is 4.21 Å². The van der Waals surface area contributed by atoms with Crippen molar-refractivity contribution in [3.63, 3.8) is 0 Å². The van der Waals surface area contributed by atoms with Crippen molar-refractivity contribution in [3.8, 4) is 0 Å². The van der Waals surface area contributed by atoms with Crippen molar-refractivity contribution in [3.05, 3.63) is 0 Å². The number of hydrogen-bond acceptors (Lipinski definition) is 6. The van der Waals surface area contributed by atoms with E-state index in [1.165, 1.54) is 11.8 Å². The molecule has 0 amide bonds. The molecular formula is C5H12NO5S-. The third-order valence-electron chi connectivity index (χ3n) is 1.16. The van der Waals surface area contributed by atoms with Crippen molar-refractivity contribution in [2.75, 3.05) is 20.0 Å². The second kappa shape index (κ2) is 6.46. The van der Waals surface area contributed by atoms with Gasteiger partial charge in [-0.15, -0.1) is 0 Å². The zero-order valence-corrected chi connectivity index (χ0v) is 7.49. The second-order valence-electron chi connectivity index (χ2n) is 2.25. The molecule has 0 saturated carbocycles. The normalized spacial score (nSPS) is 16.4. The van der Waals surface area contributed by atoms with Crippen molar-refractivity contribution < 1.29 is 23.2 Å². The van der Waals surface area contributed by atoms with Crippen LogP contribution in [-0.2, 0) is 15.5 Å². The lowest BCUT2D eigenvalue weighted by Gasteiger charge is -2.21. The number of hydrogen-bond donors (Lipinski definition) is 2. The van der Waals surface area contributed by atoms with Gasteiger partial charge < -0.3 is 14.8 Å². The summed E-state index contributed by atoms with van der Waals surface area (Å²) in [5.74, 6) is 0. The van der Waals surface area contributed by atoms with E-state index in [4.69, 9.17) is 10.2 Å². The molecule has 0 rings (SSSR count). The Labute approximate surface area is 73.2 Å². The minimum absolute atomic E-state index is 0.154. The molecule has 74 valence electrons. The van der Waals surface area contributed by atoms with Crippen molar-refractivity contribution in [1.29, 1.82) is 0 Å². The summed E-state index contributed by atoms with van der Waals surface area (Å²) in [6.07, 6.45) is -0.581. The van der Waals surface area contributed by atoms with Gasteiger partial charge in [0.1, 0.15) is 0 Å². The summed E-state index contributed by atoms with van der Waals surface area (Å²) in [6, 6.07) is 0. The van der Waals surface area contributed by atoms with E-state index in [0.29, 0.717) is 0 Å². The fourth-order valence-corrected chi connectivity index (χ4v) is 1.02. The second-order valence-corrected chi connectivity index (χ2v) is 2.85. The van der Waals surface area contributed by atoms with E-state index in [0.717, 1.165) is 0 Å². The van der Waals surface area contributed by atoms with Gasteiger partial charge in [0, 0.05) is 6.54 Å². The summed E-state index contributed by atoms with van der Waals surface area (Å²) < 4.78 is 24.3. The maximum Gasteiger partial charge on any atom is 0.0975 e.